The van der Waals surface area contributed by atoms with Crippen molar-refractivity contribution in [2.45, 2.75) is 116 Å². The quantitative estimate of drug-likeness (QED) is 0.0751. The summed E-state index contributed by atoms with van der Waals surface area (Å²) in [4.78, 5) is 12.0. The largest absolute Gasteiger partial charge is 0.457 e. The first-order valence-corrected chi connectivity index (χ1v) is 14.1. The van der Waals surface area contributed by atoms with Crippen molar-refractivity contribution in [2.24, 2.45) is 0 Å². The molecule has 0 aromatic heterocycles. The Morgan fingerprint density at radius 1 is 0.903 bits per heavy atom. The molecule has 0 aliphatic heterocycles. The average Bonchev–Trinajstić information content (AvgIpc) is 2.69. The fourth-order valence-corrected chi connectivity index (χ4v) is 3.47. The first-order chi connectivity index (χ1) is 14.7. The molecule has 0 fully saturated rings. The molecule has 0 heterocycles. The van der Waals surface area contributed by atoms with Gasteiger partial charge in [0.15, 0.2) is 0 Å². The van der Waals surface area contributed by atoms with E-state index in [9.17, 15) is 13.6 Å². The summed E-state index contributed by atoms with van der Waals surface area (Å²) in [6, 6.07) is 0. The van der Waals surface area contributed by atoms with Gasteiger partial charge in [0.05, 0.1) is 19.3 Å². The zero-order valence-electron chi connectivity index (χ0n) is 20.3. The SMILES string of the molecule is CCCCCCC/C=C\CCCCCCCC(=O)OC(COC(C)C)COP(C)(=O)F. The highest BCUT2D eigenvalue weighted by Crippen LogP contribution is 2.44. The molecule has 7 heteroatoms. The molecular weight excluding hydrogens is 418 g/mol. The molecule has 0 saturated carbocycles. The van der Waals surface area contributed by atoms with Crippen LogP contribution in [0.3, 0.4) is 0 Å². The summed E-state index contributed by atoms with van der Waals surface area (Å²) < 4.78 is 39.6. The van der Waals surface area contributed by atoms with Crippen LogP contribution < -0.4 is 0 Å². The van der Waals surface area contributed by atoms with Crippen LogP contribution in [0.5, 0.6) is 0 Å². The number of esters is 1. The third-order valence-electron chi connectivity index (χ3n) is 4.80. The van der Waals surface area contributed by atoms with Gasteiger partial charge in [0.2, 0.25) is 0 Å². The van der Waals surface area contributed by atoms with Crippen molar-refractivity contribution < 1.29 is 27.6 Å². The van der Waals surface area contributed by atoms with Gasteiger partial charge in [-0.05, 0) is 46.0 Å². The van der Waals surface area contributed by atoms with Crippen LogP contribution in [0.2, 0.25) is 0 Å². The second kappa shape index (κ2) is 19.9. The summed E-state index contributed by atoms with van der Waals surface area (Å²) in [5.74, 6) is -0.354. The summed E-state index contributed by atoms with van der Waals surface area (Å²) in [5, 5.41) is 0. The summed E-state index contributed by atoms with van der Waals surface area (Å²) >= 11 is 0. The van der Waals surface area contributed by atoms with Gasteiger partial charge in [-0.2, -0.15) is 4.20 Å². The van der Waals surface area contributed by atoms with Crippen molar-refractivity contribution in [1.29, 1.82) is 0 Å². The van der Waals surface area contributed by atoms with Gasteiger partial charge in [0, 0.05) is 13.1 Å². The minimum absolute atomic E-state index is 0.0550. The fraction of sp³-hybridized carbons (Fsp3) is 0.875. The molecule has 0 aromatic carbocycles. The standard InChI is InChI=1S/C24H46FO5P/c1-5-6-7-8-9-10-11-12-13-14-15-16-17-18-19-24(26)30-23(20-28-22(2)3)21-29-31(4,25)27/h11-12,22-23H,5-10,13-21H2,1-4H3/b12-11-. The fourth-order valence-electron chi connectivity index (χ4n) is 3.04. The van der Waals surface area contributed by atoms with E-state index < -0.39 is 13.8 Å². The molecule has 0 saturated heterocycles. The molecule has 0 aliphatic carbocycles. The van der Waals surface area contributed by atoms with Gasteiger partial charge < -0.3 is 14.0 Å². The predicted molar refractivity (Wildman–Crippen MR) is 126 cm³/mol. The Bertz CT molecular complexity index is 504. The minimum Gasteiger partial charge on any atom is -0.457 e. The highest BCUT2D eigenvalue weighted by molar-refractivity contribution is 7.52. The van der Waals surface area contributed by atoms with E-state index in [-0.39, 0.29) is 25.3 Å². The summed E-state index contributed by atoms with van der Waals surface area (Å²) in [7, 11) is -4.11. The van der Waals surface area contributed by atoms with Crippen molar-refractivity contribution in [3.8, 4) is 0 Å². The number of hydrogen-bond donors (Lipinski definition) is 0. The summed E-state index contributed by atoms with van der Waals surface area (Å²) in [6.07, 6.45) is 18.3. The maximum Gasteiger partial charge on any atom is 0.364 e. The van der Waals surface area contributed by atoms with Crippen molar-refractivity contribution in [3.63, 3.8) is 0 Å². The smallest absolute Gasteiger partial charge is 0.364 e. The lowest BCUT2D eigenvalue weighted by Crippen LogP contribution is -2.29. The van der Waals surface area contributed by atoms with Crippen LogP contribution in [0.1, 0.15) is 104 Å². The molecule has 0 aromatic rings. The van der Waals surface area contributed by atoms with E-state index in [4.69, 9.17) is 9.47 Å². The summed E-state index contributed by atoms with van der Waals surface area (Å²) in [6.45, 7) is 6.65. The van der Waals surface area contributed by atoms with Gasteiger partial charge in [0.25, 0.3) is 0 Å². The van der Waals surface area contributed by atoms with Gasteiger partial charge >= 0.3 is 13.6 Å². The van der Waals surface area contributed by atoms with Crippen molar-refractivity contribution in [3.05, 3.63) is 12.2 Å². The van der Waals surface area contributed by atoms with E-state index in [2.05, 4.69) is 23.6 Å². The van der Waals surface area contributed by atoms with Crippen LogP contribution in [-0.4, -0.2) is 38.1 Å². The third kappa shape index (κ3) is 23.8. The molecule has 0 N–H and O–H groups in total. The topological polar surface area (TPSA) is 61.8 Å². The molecule has 31 heavy (non-hydrogen) atoms. The molecular formula is C24H46FO5P. The van der Waals surface area contributed by atoms with E-state index in [1.165, 1.54) is 44.9 Å². The Balaban J connectivity index is 3.77. The van der Waals surface area contributed by atoms with Gasteiger partial charge in [-0.15, -0.1) is 0 Å². The lowest BCUT2D eigenvalue weighted by molar-refractivity contribution is -0.155. The molecule has 0 spiro atoms. The average molecular weight is 465 g/mol. The molecule has 2 atom stereocenters. The van der Waals surface area contributed by atoms with Crippen LogP contribution >= 0.6 is 7.68 Å². The van der Waals surface area contributed by atoms with Gasteiger partial charge in [-0.3, -0.25) is 9.36 Å². The van der Waals surface area contributed by atoms with Crippen molar-refractivity contribution >= 4 is 13.6 Å². The normalized spacial score (nSPS) is 14.8. The maximum atomic E-state index is 13.1. The number of unbranched alkanes of at least 4 members (excludes halogenated alkanes) is 10. The van der Waals surface area contributed by atoms with Crippen molar-refractivity contribution in [1.82, 2.24) is 0 Å². The summed E-state index contributed by atoms with van der Waals surface area (Å²) in [5.41, 5.74) is 0. The zero-order chi connectivity index (χ0) is 23.4. The number of rotatable bonds is 21. The number of carbonyl (C=O) groups excluding carboxylic acids is 1. The van der Waals surface area contributed by atoms with Crippen LogP contribution in [0.4, 0.5) is 4.20 Å². The first kappa shape index (κ1) is 30.3. The highest BCUT2D eigenvalue weighted by atomic mass is 31.2. The first-order valence-electron chi connectivity index (χ1n) is 12.1. The molecule has 0 rings (SSSR count). The predicted octanol–water partition coefficient (Wildman–Crippen LogP) is 7.78. The Labute approximate surface area is 190 Å². The molecule has 2 unspecified atom stereocenters. The van der Waals surface area contributed by atoms with Gasteiger partial charge in [0.1, 0.15) is 6.10 Å². The van der Waals surface area contributed by atoms with Crippen molar-refractivity contribution in [2.75, 3.05) is 19.9 Å². The van der Waals surface area contributed by atoms with E-state index >= 15 is 0 Å². The van der Waals surface area contributed by atoms with E-state index in [1.54, 1.807) is 0 Å². The molecule has 0 bridgehead atoms. The lowest BCUT2D eigenvalue weighted by Gasteiger charge is -2.19. The Hall–Kier alpha value is -0.710. The number of hydrogen-bond acceptors (Lipinski definition) is 5. The number of allylic oxidation sites excluding steroid dienone is 2. The molecule has 5 nitrogen and oxygen atoms in total. The van der Waals surface area contributed by atoms with E-state index in [0.717, 1.165) is 38.8 Å². The maximum absolute atomic E-state index is 13.1. The van der Waals surface area contributed by atoms with Gasteiger partial charge in [-0.1, -0.05) is 64.0 Å². The number of halogens is 1. The zero-order valence-corrected chi connectivity index (χ0v) is 21.2. The second-order valence-corrected chi connectivity index (χ2v) is 10.3. The van der Waals surface area contributed by atoms with Crippen LogP contribution in [-0.2, 0) is 23.4 Å². The molecule has 0 amide bonds. The van der Waals surface area contributed by atoms with Crippen LogP contribution in [0.25, 0.3) is 0 Å². The van der Waals surface area contributed by atoms with E-state index in [0.29, 0.717) is 6.42 Å². The Kier molecular flexibility index (Phi) is 19.5. The van der Waals surface area contributed by atoms with E-state index in [1.807, 2.05) is 13.8 Å². The van der Waals surface area contributed by atoms with Crippen LogP contribution in [0, 0.1) is 0 Å². The lowest BCUT2D eigenvalue weighted by atomic mass is 10.1. The Morgan fingerprint density at radius 3 is 2.00 bits per heavy atom. The van der Waals surface area contributed by atoms with Gasteiger partial charge in [-0.25, -0.2) is 0 Å². The molecule has 184 valence electrons. The number of carbonyl (C=O) groups is 1. The Morgan fingerprint density at radius 2 is 1.45 bits per heavy atom. The monoisotopic (exact) mass is 464 g/mol. The third-order valence-corrected chi connectivity index (χ3v) is 5.41. The molecule has 0 radical (unpaired) electrons. The number of ether oxygens (including phenoxy) is 2. The highest BCUT2D eigenvalue weighted by Gasteiger charge is 2.21. The molecule has 0 aliphatic rings. The van der Waals surface area contributed by atoms with Crippen LogP contribution in [0.15, 0.2) is 12.2 Å². The minimum atomic E-state index is -4.11. The second-order valence-electron chi connectivity index (χ2n) is 8.52.